The number of benzene rings is 2. The van der Waals surface area contributed by atoms with Crippen molar-refractivity contribution in [2.45, 2.75) is 33.2 Å². The average molecular weight is 451 g/mol. The molecule has 2 aromatic carbocycles. The molecule has 2 aliphatic rings. The number of esters is 1. The van der Waals surface area contributed by atoms with E-state index in [1.165, 1.54) is 7.11 Å². The summed E-state index contributed by atoms with van der Waals surface area (Å²) in [6.07, 6.45) is 0.558. The lowest BCUT2D eigenvalue weighted by Crippen LogP contribution is -2.39. The highest BCUT2D eigenvalue weighted by molar-refractivity contribution is 6.11. The highest BCUT2D eigenvalue weighted by atomic mass is 16.5. The first-order valence-corrected chi connectivity index (χ1v) is 11.4. The van der Waals surface area contributed by atoms with Crippen LogP contribution >= 0.6 is 0 Å². The van der Waals surface area contributed by atoms with Crippen LogP contribution in [0.5, 0.6) is 11.5 Å². The molecule has 1 aliphatic heterocycles. The Hall–Kier alpha value is -3.48. The highest BCUT2D eigenvalue weighted by Gasteiger charge is 2.44. The summed E-state index contributed by atoms with van der Waals surface area (Å²) in [6, 6.07) is 13.1. The van der Waals surface area contributed by atoms with Gasteiger partial charge in [0, 0.05) is 11.3 Å². The monoisotopic (exact) mass is 450 g/mol. The molecule has 1 aliphatic carbocycles. The molecule has 0 aromatic heterocycles. The maximum Gasteiger partial charge on any atom is 0.316 e. The predicted octanol–water partition coefficient (Wildman–Crippen LogP) is 4.71. The predicted molar refractivity (Wildman–Crippen MR) is 127 cm³/mol. The summed E-state index contributed by atoms with van der Waals surface area (Å²) in [7, 11) is 1.32. The van der Waals surface area contributed by atoms with Gasteiger partial charge in [0.05, 0.1) is 37.7 Å². The van der Waals surface area contributed by atoms with E-state index in [2.05, 4.69) is 10.6 Å². The molecule has 0 radical (unpaired) electrons. The van der Waals surface area contributed by atoms with Crippen molar-refractivity contribution >= 4 is 23.1 Å². The first-order valence-electron chi connectivity index (χ1n) is 11.4. The van der Waals surface area contributed by atoms with Crippen LogP contribution in [0.3, 0.4) is 0 Å². The summed E-state index contributed by atoms with van der Waals surface area (Å²) in [4.78, 5) is 26.3. The van der Waals surface area contributed by atoms with Crippen LogP contribution in [0.1, 0.15) is 38.8 Å². The van der Waals surface area contributed by atoms with Gasteiger partial charge in [0.1, 0.15) is 5.92 Å². The van der Waals surface area contributed by atoms with Crippen molar-refractivity contribution in [3.63, 3.8) is 0 Å². The standard InChI is InChI=1S/C26H30N2O5/c1-5-32-20-12-11-16(14-21(20)33-6-2)24-23-19(27-17-9-7-8-10-18(17)28-24)13-15(3)22(25(23)29)26(30)31-4/h7-12,14-15,22,24,27-28H,5-6,13H2,1-4H3/t15-,22+,24-/m0/s1. The van der Waals surface area contributed by atoms with Gasteiger partial charge in [-0.1, -0.05) is 25.1 Å². The first kappa shape index (κ1) is 22.7. The molecule has 2 N–H and O–H groups in total. The molecule has 0 saturated carbocycles. The van der Waals surface area contributed by atoms with Crippen LogP contribution in [0.4, 0.5) is 11.4 Å². The van der Waals surface area contributed by atoms with E-state index in [-0.39, 0.29) is 11.7 Å². The molecule has 0 bridgehead atoms. The minimum atomic E-state index is -0.838. The lowest BCUT2D eigenvalue weighted by molar-refractivity contribution is -0.151. The topological polar surface area (TPSA) is 85.9 Å². The lowest BCUT2D eigenvalue weighted by atomic mass is 9.75. The molecule has 0 spiro atoms. The molecule has 0 saturated heterocycles. The third-order valence-electron chi connectivity index (χ3n) is 6.13. The Morgan fingerprint density at radius 3 is 2.42 bits per heavy atom. The van der Waals surface area contributed by atoms with Crippen molar-refractivity contribution in [2.24, 2.45) is 11.8 Å². The van der Waals surface area contributed by atoms with Gasteiger partial charge in [0.15, 0.2) is 17.3 Å². The van der Waals surface area contributed by atoms with E-state index in [0.29, 0.717) is 36.7 Å². The zero-order chi connectivity index (χ0) is 23.5. The van der Waals surface area contributed by atoms with E-state index >= 15 is 0 Å². The van der Waals surface area contributed by atoms with Crippen molar-refractivity contribution in [3.8, 4) is 11.5 Å². The van der Waals surface area contributed by atoms with Crippen molar-refractivity contribution in [1.29, 1.82) is 0 Å². The quantitative estimate of drug-likeness (QED) is 0.487. The average Bonchev–Trinajstić information content (AvgIpc) is 2.97. The van der Waals surface area contributed by atoms with Gasteiger partial charge in [0.25, 0.3) is 0 Å². The number of allylic oxidation sites excluding steroid dienone is 1. The summed E-state index contributed by atoms with van der Waals surface area (Å²) in [5.41, 5.74) is 3.98. The van der Waals surface area contributed by atoms with Gasteiger partial charge < -0.3 is 24.8 Å². The van der Waals surface area contributed by atoms with Crippen LogP contribution in [0.15, 0.2) is 53.7 Å². The molecule has 4 rings (SSSR count). The number of ether oxygens (including phenoxy) is 3. The minimum Gasteiger partial charge on any atom is -0.490 e. The zero-order valence-electron chi connectivity index (χ0n) is 19.4. The second-order valence-electron chi connectivity index (χ2n) is 8.26. The summed E-state index contributed by atoms with van der Waals surface area (Å²) in [5.74, 6) is -0.467. The van der Waals surface area contributed by atoms with Gasteiger partial charge >= 0.3 is 5.97 Å². The molecule has 3 atom stereocenters. The summed E-state index contributed by atoms with van der Waals surface area (Å²) < 4.78 is 16.5. The summed E-state index contributed by atoms with van der Waals surface area (Å²) in [6.45, 7) is 6.76. The Labute approximate surface area is 194 Å². The number of nitrogens with one attached hydrogen (secondary N) is 2. The van der Waals surface area contributed by atoms with Crippen molar-refractivity contribution in [2.75, 3.05) is 31.0 Å². The molecule has 7 heteroatoms. The number of anilines is 2. The van der Waals surface area contributed by atoms with Gasteiger partial charge in [-0.05, 0) is 56.0 Å². The molecule has 0 amide bonds. The van der Waals surface area contributed by atoms with E-state index in [1.54, 1.807) is 0 Å². The van der Waals surface area contributed by atoms with Gasteiger partial charge in [-0.2, -0.15) is 0 Å². The fraction of sp³-hybridized carbons (Fsp3) is 0.385. The SMILES string of the molecule is CCOc1ccc([C@@H]2Nc3ccccc3NC3=C2C(=O)[C@H](C(=O)OC)[C@@H](C)C3)cc1OCC. The van der Waals surface area contributed by atoms with Crippen LogP contribution in [-0.2, 0) is 14.3 Å². The van der Waals surface area contributed by atoms with Crippen molar-refractivity contribution < 1.29 is 23.8 Å². The lowest BCUT2D eigenvalue weighted by Gasteiger charge is -2.32. The maximum absolute atomic E-state index is 13.7. The molecular formula is C26H30N2O5. The number of methoxy groups -OCH3 is 1. The Morgan fingerprint density at radius 2 is 1.73 bits per heavy atom. The summed E-state index contributed by atoms with van der Waals surface area (Å²) in [5, 5.41) is 6.99. The van der Waals surface area contributed by atoms with E-state index in [1.807, 2.05) is 63.2 Å². The van der Waals surface area contributed by atoms with Crippen LogP contribution < -0.4 is 20.1 Å². The van der Waals surface area contributed by atoms with Crippen LogP contribution in [0, 0.1) is 11.8 Å². The van der Waals surface area contributed by atoms with E-state index in [0.717, 1.165) is 22.6 Å². The number of rotatable bonds is 6. The van der Waals surface area contributed by atoms with Gasteiger partial charge in [-0.25, -0.2) is 0 Å². The molecular weight excluding hydrogens is 420 g/mol. The van der Waals surface area contributed by atoms with Crippen molar-refractivity contribution in [1.82, 2.24) is 0 Å². The van der Waals surface area contributed by atoms with Gasteiger partial charge in [-0.3, -0.25) is 9.59 Å². The fourth-order valence-corrected chi connectivity index (χ4v) is 4.63. The van der Waals surface area contributed by atoms with Gasteiger partial charge in [-0.15, -0.1) is 0 Å². The van der Waals surface area contributed by atoms with Crippen molar-refractivity contribution in [3.05, 3.63) is 59.3 Å². The molecule has 1 heterocycles. The number of hydrogen-bond acceptors (Lipinski definition) is 7. The number of hydrogen-bond donors (Lipinski definition) is 2. The second kappa shape index (κ2) is 9.57. The van der Waals surface area contributed by atoms with Crippen LogP contribution in [0.2, 0.25) is 0 Å². The minimum absolute atomic E-state index is 0.179. The molecule has 2 aromatic rings. The Morgan fingerprint density at radius 1 is 1.03 bits per heavy atom. The third kappa shape index (κ3) is 4.27. The van der Waals surface area contributed by atoms with E-state index < -0.39 is 17.9 Å². The smallest absolute Gasteiger partial charge is 0.316 e. The number of ketones is 1. The number of fused-ring (bicyclic) bond motifs is 1. The second-order valence-corrected chi connectivity index (χ2v) is 8.26. The molecule has 0 unspecified atom stereocenters. The normalized spacial score (nSPS) is 21.7. The zero-order valence-corrected chi connectivity index (χ0v) is 19.4. The molecule has 7 nitrogen and oxygen atoms in total. The number of carbonyl (C=O) groups excluding carboxylic acids is 2. The largest absolute Gasteiger partial charge is 0.490 e. The maximum atomic E-state index is 13.7. The van der Waals surface area contributed by atoms with Gasteiger partial charge in [0.2, 0.25) is 0 Å². The van der Waals surface area contributed by atoms with Crippen LogP contribution in [0.25, 0.3) is 0 Å². The van der Waals surface area contributed by atoms with E-state index in [4.69, 9.17) is 14.2 Å². The third-order valence-corrected chi connectivity index (χ3v) is 6.13. The fourth-order valence-electron chi connectivity index (χ4n) is 4.63. The molecule has 174 valence electrons. The Balaban J connectivity index is 1.86. The molecule has 33 heavy (non-hydrogen) atoms. The Kier molecular flexibility index (Phi) is 6.58. The molecule has 0 fully saturated rings. The number of para-hydroxylation sites is 2. The summed E-state index contributed by atoms with van der Waals surface area (Å²) >= 11 is 0. The number of carbonyl (C=O) groups is 2. The highest BCUT2D eigenvalue weighted by Crippen LogP contribution is 2.45. The first-order chi connectivity index (χ1) is 16.0. The number of Topliss-reactive ketones (excluding diaryl/α,β-unsaturated/α-hetero) is 1. The van der Waals surface area contributed by atoms with Crippen LogP contribution in [-0.4, -0.2) is 32.1 Å². The Bertz CT molecular complexity index is 1090. The van der Waals surface area contributed by atoms with E-state index in [9.17, 15) is 9.59 Å².